The zero-order valence-electron chi connectivity index (χ0n) is 22.0. The van der Waals surface area contributed by atoms with Crippen molar-refractivity contribution >= 4 is 18.0 Å². The Morgan fingerprint density at radius 1 is 1.31 bits per heavy atom. The summed E-state index contributed by atoms with van der Waals surface area (Å²) in [5.41, 5.74) is -0.645. The molecule has 2 heterocycles. The normalized spacial score (nSPS) is 31.9. The molecule has 1 amide bonds. The third-order valence-corrected chi connectivity index (χ3v) is 6.45. The molecule has 9 heteroatoms. The smallest absolute Gasteiger partial charge is 0.409 e. The summed E-state index contributed by atoms with van der Waals surface area (Å²) in [6.45, 7) is 10.2. The van der Waals surface area contributed by atoms with Crippen molar-refractivity contribution in [2.24, 2.45) is 11.8 Å². The molecule has 2 aliphatic heterocycles. The van der Waals surface area contributed by atoms with E-state index in [9.17, 15) is 24.6 Å². The fourth-order valence-electron chi connectivity index (χ4n) is 3.97. The number of carbonyl (C=O) groups is 3. The molecule has 0 unspecified atom stereocenters. The van der Waals surface area contributed by atoms with Gasteiger partial charge < -0.3 is 29.3 Å². The molecule has 2 N–H and O–H groups in total. The Morgan fingerprint density at radius 2 is 2.00 bits per heavy atom. The molecule has 2 rings (SSSR count). The maximum Gasteiger partial charge on any atom is 0.409 e. The number of likely N-dealkylation sites (tertiary alicyclic amines) is 1. The third kappa shape index (κ3) is 9.43. The first-order valence-electron chi connectivity index (χ1n) is 12.6. The minimum Gasteiger partial charge on any atom is -0.457 e. The van der Waals surface area contributed by atoms with Crippen molar-refractivity contribution in [3.63, 3.8) is 0 Å². The summed E-state index contributed by atoms with van der Waals surface area (Å²) in [5.74, 6) is -1.37. The zero-order chi connectivity index (χ0) is 26.9. The number of hydrogen-bond donors (Lipinski definition) is 2. The molecule has 202 valence electrons. The van der Waals surface area contributed by atoms with Gasteiger partial charge in [0, 0.05) is 31.8 Å². The average Bonchev–Trinajstić information content (AvgIpc) is 2.75. The molecule has 0 aromatic heterocycles. The summed E-state index contributed by atoms with van der Waals surface area (Å²) >= 11 is 0. The van der Waals surface area contributed by atoms with Gasteiger partial charge in [0.25, 0.3) is 0 Å². The minimum atomic E-state index is -1.41. The fraction of sp³-hybridized carbons (Fsp3) is 0.667. The topological polar surface area (TPSA) is 123 Å². The predicted molar refractivity (Wildman–Crippen MR) is 134 cm³/mol. The Morgan fingerprint density at radius 3 is 2.61 bits per heavy atom. The third-order valence-electron chi connectivity index (χ3n) is 6.45. The molecule has 6 atom stereocenters. The van der Waals surface area contributed by atoms with Gasteiger partial charge in [0.2, 0.25) is 0 Å². The van der Waals surface area contributed by atoms with Crippen LogP contribution in [-0.2, 0) is 23.8 Å². The number of allylic oxidation sites excluding steroid dienone is 2. The standard InChI is InChI=1S/C27H41NO8/c1-18(17-34-26(32)28-14-7-15-28)8-6-9-19(2)25-20(3)10-11-23(35-21(4)29)27(5,33)13-12-22(30)16-24(31)36-25/h6,8-11,18,20,22-23,25,30,33H,7,12-17H2,1-5H3/b8-6+,11-10+,19-9+/t18-,20+,22+,23+,25-,27+/m1/s1. The number of rotatable bonds is 6. The van der Waals surface area contributed by atoms with Crippen LogP contribution in [0.3, 0.4) is 0 Å². The summed E-state index contributed by atoms with van der Waals surface area (Å²) < 4.78 is 16.4. The highest BCUT2D eigenvalue weighted by atomic mass is 16.6. The van der Waals surface area contributed by atoms with E-state index in [4.69, 9.17) is 14.2 Å². The predicted octanol–water partition coefficient (Wildman–Crippen LogP) is 3.30. The number of cyclic esters (lactones) is 1. The van der Waals surface area contributed by atoms with Gasteiger partial charge in [-0.3, -0.25) is 9.59 Å². The molecular formula is C27H41NO8. The van der Waals surface area contributed by atoms with E-state index in [1.54, 1.807) is 24.0 Å². The Balaban J connectivity index is 2.13. The largest absolute Gasteiger partial charge is 0.457 e. The molecule has 1 fully saturated rings. The fourth-order valence-corrected chi connectivity index (χ4v) is 3.97. The van der Waals surface area contributed by atoms with Crippen molar-refractivity contribution in [2.75, 3.05) is 19.7 Å². The van der Waals surface area contributed by atoms with Crippen LogP contribution in [0.25, 0.3) is 0 Å². The lowest BCUT2D eigenvalue weighted by Gasteiger charge is -2.32. The van der Waals surface area contributed by atoms with Gasteiger partial charge in [-0.15, -0.1) is 0 Å². The number of amides is 1. The SMILES string of the molecule is CC(=O)O[C@H]1/C=C/[C@H](C)[C@@H](/C(C)=C/C=C/[C@@H](C)COC(=O)N2CCC2)OC(=O)C[C@@H](O)CC[C@]1(C)O. The van der Waals surface area contributed by atoms with Gasteiger partial charge in [-0.2, -0.15) is 0 Å². The summed E-state index contributed by atoms with van der Waals surface area (Å²) in [6, 6.07) is 0. The van der Waals surface area contributed by atoms with Crippen LogP contribution in [0.5, 0.6) is 0 Å². The Kier molecular flexibility index (Phi) is 11.2. The van der Waals surface area contributed by atoms with E-state index < -0.39 is 35.9 Å². The molecule has 0 aromatic rings. The average molecular weight is 508 g/mol. The van der Waals surface area contributed by atoms with Gasteiger partial charge in [0.15, 0.2) is 0 Å². The minimum absolute atomic E-state index is 0.00248. The first-order valence-corrected chi connectivity index (χ1v) is 12.6. The van der Waals surface area contributed by atoms with E-state index in [0.717, 1.165) is 25.1 Å². The lowest BCUT2D eigenvalue weighted by atomic mass is 9.88. The Labute approximate surface area is 213 Å². The highest BCUT2D eigenvalue weighted by Gasteiger charge is 2.35. The van der Waals surface area contributed by atoms with Gasteiger partial charge in [-0.05, 0) is 44.8 Å². The summed E-state index contributed by atoms with van der Waals surface area (Å²) in [5, 5.41) is 21.2. The van der Waals surface area contributed by atoms with Crippen molar-refractivity contribution in [3.05, 3.63) is 36.0 Å². The van der Waals surface area contributed by atoms with Crippen molar-refractivity contribution in [1.82, 2.24) is 4.90 Å². The number of aliphatic hydroxyl groups excluding tert-OH is 1. The second-order valence-electron chi connectivity index (χ2n) is 10.1. The van der Waals surface area contributed by atoms with Crippen LogP contribution < -0.4 is 0 Å². The van der Waals surface area contributed by atoms with Crippen LogP contribution in [-0.4, -0.2) is 76.8 Å². The van der Waals surface area contributed by atoms with Crippen LogP contribution in [0, 0.1) is 11.8 Å². The van der Waals surface area contributed by atoms with Crippen molar-refractivity contribution < 1.29 is 38.8 Å². The van der Waals surface area contributed by atoms with Crippen LogP contribution in [0.15, 0.2) is 36.0 Å². The molecule has 0 aliphatic carbocycles. The van der Waals surface area contributed by atoms with E-state index in [-0.39, 0.29) is 43.8 Å². The zero-order valence-corrected chi connectivity index (χ0v) is 22.0. The molecule has 0 radical (unpaired) electrons. The molecule has 2 aliphatic rings. The summed E-state index contributed by atoms with van der Waals surface area (Å²) in [7, 11) is 0. The maximum absolute atomic E-state index is 12.5. The highest BCUT2D eigenvalue weighted by Crippen LogP contribution is 2.27. The van der Waals surface area contributed by atoms with Crippen molar-refractivity contribution in [3.8, 4) is 0 Å². The quantitative estimate of drug-likeness (QED) is 0.243. The van der Waals surface area contributed by atoms with Crippen molar-refractivity contribution in [1.29, 1.82) is 0 Å². The number of aliphatic hydroxyl groups is 2. The molecule has 0 saturated carbocycles. The van der Waals surface area contributed by atoms with Crippen LogP contribution in [0.2, 0.25) is 0 Å². The first-order chi connectivity index (χ1) is 16.9. The number of nitrogens with zero attached hydrogens (tertiary/aromatic N) is 1. The Hall–Kier alpha value is -2.65. The molecular weight excluding hydrogens is 466 g/mol. The van der Waals surface area contributed by atoms with E-state index in [0.29, 0.717) is 0 Å². The highest BCUT2D eigenvalue weighted by molar-refractivity contribution is 5.70. The molecule has 0 aromatic carbocycles. The van der Waals surface area contributed by atoms with Crippen LogP contribution in [0.4, 0.5) is 4.79 Å². The van der Waals surface area contributed by atoms with Crippen molar-refractivity contribution in [2.45, 2.75) is 84.2 Å². The van der Waals surface area contributed by atoms with Crippen LogP contribution >= 0.6 is 0 Å². The van der Waals surface area contributed by atoms with Gasteiger partial charge >= 0.3 is 18.0 Å². The summed E-state index contributed by atoms with van der Waals surface area (Å²) in [6.07, 6.45) is 7.20. The van der Waals surface area contributed by atoms with E-state index in [2.05, 4.69) is 0 Å². The molecule has 0 bridgehead atoms. The monoisotopic (exact) mass is 507 g/mol. The van der Waals surface area contributed by atoms with E-state index >= 15 is 0 Å². The van der Waals surface area contributed by atoms with E-state index in [1.807, 2.05) is 39.0 Å². The van der Waals surface area contributed by atoms with Gasteiger partial charge in [0.1, 0.15) is 17.8 Å². The van der Waals surface area contributed by atoms with E-state index in [1.165, 1.54) is 6.92 Å². The maximum atomic E-state index is 12.5. The molecule has 36 heavy (non-hydrogen) atoms. The van der Waals surface area contributed by atoms with Gasteiger partial charge in [0.05, 0.1) is 19.1 Å². The number of hydrogen-bond acceptors (Lipinski definition) is 8. The lowest BCUT2D eigenvalue weighted by molar-refractivity contribution is -0.157. The van der Waals surface area contributed by atoms with Crippen LogP contribution in [0.1, 0.15) is 60.3 Å². The molecule has 0 spiro atoms. The number of esters is 2. The number of ether oxygens (including phenoxy) is 3. The molecule has 1 saturated heterocycles. The lowest BCUT2D eigenvalue weighted by Crippen LogP contribution is -2.42. The Bertz CT molecular complexity index is 858. The molecule has 9 nitrogen and oxygen atoms in total. The van der Waals surface area contributed by atoms with Gasteiger partial charge in [-0.1, -0.05) is 38.2 Å². The summed E-state index contributed by atoms with van der Waals surface area (Å²) in [4.78, 5) is 37.6. The first kappa shape index (κ1) is 29.6. The number of carbonyl (C=O) groups excluding carboxylic acids is 3. The van der Waals surface area contributed by atoms with Gasteiger partial charge in [-0.25, -0.2) is 4.79 Å². The second kappa shape index (κ2) is 13.6. The second-order valence-corrected chi connectivity index (χ2v) is 10.1.